The molecule has 1 fully saturated rings. The second kappa shape index (κ2) is 5.38. The van der Waals surface area contributed by atoms with Gasteiger partial charge in [0, 0.05) is 18.8 Å². The van der Waals surface area contributed by atoms with Crippen LogP contribution >= 0.6 is 0 Å². The van der Waals surface area contributed by atoms with Gasteiger partial charge in [0.2, 0.25) is 0 Å². The van der Waals surface area contributed by atoms with Crippen LogP contribution < -0.4 is 4.90 Å². The minimum atomic E-state index is -0.307. The number of hydrogen-bond acceptors (Lipinski definition) is 4. The molecule has 4 heteroatoms. The molecule has 0 spiro atoms. The van der Waals surface area contributed by atoms with Gasteiger partial charge in [-0.1, -0.05) is 13.8 Å². The lowest BCUT2D eigenvalue weighted by molar-refractivity contribution is 0.0600. The van der Waals surface area contributed by atoms with Crippen LogP contribution in [-0.4, -0.2) is 30.6 Å². The maximum Gasteiger partial charge on any atom is 0.338 e. The summed E-state index contributed by atoms with van der Waals surface area (Å²) >= 11 is 0. The highest BCUT2D eigenvalue weighted by molar-refractivity contribution is 5.90. The molecule has 0 aromatic carbocycles. The third-order valence-corrected chi connectivity index (χ3v) is 3.01. The maximum absolute atomic E-state index is 11.5. The van der Waals surface area contributed by atoms with Gasteiger partial charge in [0.1, 0.15) is 5.82 Å². The number of methoxy groups -OCH3 is 1. The fourth-order valence-corrected chi connectivity index (χ4v) is 2.03. The van der Waals surface area contributed by atoms with E-state index in [9.17, 15) is 4.79 Å². The third-order valence-electron chi connectivity index (χ3n) is 3.01. The number of aromatic nitrogens is 1. The SMILES string of the molecule is COC(=O)c1ccnc(N(CC(C)C)C2CC2)c1. The van der Waals surface area contributed by atoms with Gasteiger partial charge < -0.3 is 9.64 Å². The van der Waals surface area contributed by atoms with Crippen LogP contribution in [0.25, 0.3) is 0 Å². The fourth-order valence-electron chi connectivity index (χ4n) is 2.03. The van der Waals surface area contributed by atoms with Crippen LogP contribution in [0.1, 0.15) is 37.0 Å². The normalized spacial score (nSPS) is 14.7. The number of hydrogen-bond donors (Lipinski definition) is 0. The Balaban J connectivity index is 2.21. The average molecular weight is 248 g/mol. The lowest BCUT2D eigenvalue weighted by Crippen LogP contribution is -2.30. The monoisotopic (exact) mass is 248 g/mol. The maximum atomic E-state index is 11.5. The molecule has 0 radical (unpaired) electrons. The summed E-state index contributed by atoms with van der Waals surface area (Å²) in [5.41, 5.74) is 0.567. The van der Waals surface area contributed by atoms with Gasteiger partial charge in [-0.25, -0.2) is 9.78 Å². The van der Waals surface area contributed by atoms with Crippen LogP contribution in [0.4, 0.5) is 5.82 Å². The summed E-state index contributed by atoms with van der Waals surface area (Å²) in [5, 5.41) is 0. The highest BCUT2D eigenvalue weighted by atomic mass is 16.5. The molecule has 1 saturated carbocycles. The smallest absolute Gasteiger partial charge is 0.338 e. The second-order valence-corrected chi connectivity index (χ2v) is 5.17. The molecule has 0 bridgehead atoms. The van der Waals surface area contributed by atoms with E-state index in [1.54, 1.807) is 12.3 Å². The highest BCUT2D eigenvalue weighted by Gasteiger charge is 2.30. The van der Waals surface area contributed by atoms with Crippen molar-refractivity contribution in [2.45, 2.75) is 32.7 Å². The molecule has 0 atom stereocenters. The van der Waals surface area contributed by atoms with Crippen LogP contribution in [0.15, 0.2) is 18.3 Å². The first-order chi connectivity index (χ1) is 8.61. The average Bonchev–Trinajstić information content (AvgIpc) is 3.19. The van der Waals surface area contributed by atoms with E-state index in [4.69, 9.17) is 4.74 Å². The Morgan fingerprint density at radius 1 is 1.56 bits per heavy atom. The van der Waals surface area contributed by atoms with E-state index < -0.39 is 0 Å². The Morgan fingerprint density at radius 2 is 2.28 bits per heavy atom. The number of esters is 1. The van der Waals surface area contributed by atoms with Crippen LogP contribution in [0.5, 0.6) is 0 Å². The van der Waals surface area contributed by atoms with Crippen molar-refractivity contribution in [3.8, 4) is 0 Å². The Kier molecular flexibility index (Phi) is 3.84. The van der Waals surface area contributed by atoms with Gasteiger partial charge >= 0.3 is 5.97 Å². The molecule has 2 rings (SSSR count). The van der Waals surface area contributed by atoms with Crippen molar-refractivity contribution in [2.24, 2.45) is 5.92 Å². The van der Waals surface area contributed by atoms with Crippen molar-refractivity contribution in [1.29, 1.82) is 0 Å². The highest BCUT2D eigenvalue weighted by Crippen LogP contribution is 2.31. The van der Waals surface area contributed by atoms with E-state index >= 15 is 0 Å². The largest absolute Gasteiger partial charge is 0.465 e. The molecule has 0 aliphatic heterocycles. The molecule has 0 unspecified atom stereocenters. The first-order valence-corrected chi connectivity index (χ1v) is 6.43. The number of pyridine rings is 1. The summed E-state index contributed by atoms with van der Waals surface area (Å²) in [7, 11) is 1.40. The van der Waals surface area contributed by atoms with Gasteiger partial charge in [0.15, 0.2) is 0 Å². The van der Waals surface area contributed by atoms with Gasteiger partial charge in [-0.05, 0) is 30.9 Å². The molecule has 18 heavy (non-hydrogen) atoms. The van der Waals surface area contributed by atoms with Gasteiger partial charge in [0.25, 0.3) is 0 Å². The molecule has 1 aromatic rings. The zero-order valence-electron chi connectivity index (χ0n) is 11.2. The van der Waals surface area contributed by atoms with E-state index in [1.165, 1.54) is 20.0 Å². The van der Waals surface area contributed by atoms with Crippen molar-refractivity contribution in [2.75, 3.05) is 18.6 Å². The zero-order valence-corrected chi connectivity index (χ0v) is 11.2. The standard InChI is InChI=1S/C14H20N2O2/c1-10(2)9-16(12-4-5-12)13-8-11(6-7-15-13)14(17)18-3/h6-8,10,12H,4-5,9H2,1-3H3. The number of nitrogens with zero attached hydrogens (tertiary/aromatic N) is 2. The van der Waals surface area contributed by atoms with Crippen LogP contribution in [0, 0.1) is 5.92 Å². The summed E-state index contributed by atoms with van der Waals surface area (Å²) in [6, 6.07) is 4.11. The lowest BCUT2D eigenvalue weighted by atomic mass is 10.2. The molecule has 1 aromatic heterocycles. The Morgan fingerprint density at radius 3 is 2.83 bits per heavy atom. The molecule has 1 aliphatic carbocycles. The molecule has 1 heterocycles. The molecule has 1 aliphatic rings. The minimum absolute atomic E-state index is 0.307. The Hall–Kier alpha value is -1.58. The van der Waals surface area contributed by atoms with Crippen LogP contribution in [0.2, 0.25) is 0 Å². The topological polar surface area (TPSA) is 42.4 Å². The summed E-state index contributed by atoms with van der Waals surface area (Å²) in [6.45, 7) is 5.36. The predicted octanol–water partition coefficient (Wildman–Crippen LogP) is 2.49. The van der Waals surface area contributed by atoms with Crippen molar-refractivity contribution in [1.82, 2.24) is 4.98 Å². The third kappa shape index (κ3) is 3.00. The lowest BCUT2D eigenvalue weighted by Gasteiger charge is -2.25. The number of carbonyl (C=O) groups is 1. The number of ether oxygens (including phenoxy) is 1. The quantitative estimate of drug-likeness (QED) is 0.751. The second-order valence-electron chi connectivity index (χ2n) is 5.17. The summed E-state index contributed by atoms with van der Waals surface area (Å²) in [5.74, 6) is 1.15. The Labute approximate surface area is 108 Å². The Bertz CT molecular complexity index is 428. The molecular weight excluding hydrogens is 228 g/mol. The summed E-state index contributed by atoms with van der Waals surface area (Å²) in [6.07, 6.45) is 4.12. The van der Waals surface area contributed by atoms with E-state index in [0.717, 1.165) is 12.4 Å². The zero-order chi connectivity index (χ0) is 13.1. The van der Waals surface area contributed by atoms with Gasteiger partial charge in [-0.15, -0.1) is 0 Å². The molecule has 4 nitrogen and oxygen atoms in total. The molecule has 0 saturated heterocycles. The van der Waals surface area contributed by atoms with Crippen molar-refractivity contribution in [3.05, 3.63) is 23.9 Å². The first kappa shape index (κ1) is 12.9. The number of rotatable bonds is 5. The van der Waals surface area contributed by atoms with Crippen molar-refractivity contribution < 1.29 is 9.53 Å². The summed E-state index contributed by atoms with van der Waals surface area (Å²) in [4.78, 5) is 18.2. The first-order valence-electron chi connectivity index (χ1n) is 6.43. The van der Waals surface area contributed by atoms with Gasteiger partial charge in [0.05, 0.1) is 12.7 Å². The number of anilines is 1. The van der Waals surface area contributed by atoms with Crippen LogP contribution in [0.3, 0.4) is 0 Å². The van der Waals surface area contributed by atoms with Gasteiger partial charge in [-0.3, -0.25) is 0 Å². The summed E-state index contributed by atoms with van der Waals surface area (Å²) < 4.78 is 4.74. The van der Waals surface area contributed by atoms with E-state index in [-0.39, 0.29) is 5.97 Å². The van der Waals surface area contributed by atoms with Crippen molar-refractivity contribution in [3.63, 3.8) is 0 Å². The van der Waals surface area contributed by atoms with Crippen LogP contribution in [-0.2, 0) is 4.74 Å². The van der Waals surface area contributed by atoms with Gasteiger partial charge in [-0.2, -0.15) is 0 Å². The molecular formula is C14H20N2O2. The molecule has 98 valence electrons. The molecule has 0 amide bonds. The number of carbonyl (C=O) groups excluding carboxylic acids is 1. The van der Waals surface area contributed by atoms with Crippen molar-refractivity contribution >= 4 is 11.8 Å². The van der Waals surface area contributed by atoms with E-state index in [1.807, 2.05) is 6.07 Å². The van der Waals surface area contributed by atoms with E-state index in [2.05, 4.69) is 23.7 Å². The minimum Gasteiger partial charge on any atom is -0.465 e. The molecule has 0 N–H and O–H groups in total. The fraction of sp³-hybridized carbons (Fsp3) is 0.571. The predicted molar refractivity (Wildman–Crippen MR) is 70.8 cm³/mol. The van der Waals surface area contributed by atoms with E-state index in [0.29, 0.717) is 17.5 Å².